The van der Waals surface area contributed by atoms with E-state index in [0.29, 0.717) is 0 Å². The van der Waals surface area contributed by atoms with E-state index in [-0.39, 0.29) is 24.5 Å². The number of benzene rings is 2. The third-order valence-electron chi connectivity index (χ3n) is 5.43. The summed E-state index contributed by atoms with van der Waals surface area (Å²) in [5.41, 5.74) is 3.19. The fourth-order valence-electron chi connectivity index (χ4n) is 3.95. The largest absolute Gasteiger partial charge is 0.454 e. The molecule has 2 aliphatic heterocycles. The summed E-state index contributed by atoms with van der Waals surface area (Å²) in [5.74, 6) is -0.167. The van der Waals surface area contributed by atoms with E-state index < -0.39 is 0 Å². The Balaban J connectivity index is 0.00000210. The summed E-state index contributed by atoms with van der Waals surface area (Å²) >= 11 is 0. The number of carbonyl (C=O) groups is 1. The van der Waals surface area contributed by atoms with Crippen molar-refractivity contribution in [3.8, 4) is 0 Å². The van der Waals surface area contributed by atoms with Gasteiger partial charge in [0.1, 0.15) is 6.10 Å². The van der Waals surface area contributed by atoms with E-state index in [4.69, 9.17) is 4.74 Å². The second-order valence-electron chi connectivity index (χ2n) is 7.23. The summed E-state index contributed by atoms with van der Waals surface area (Å²) in [4.78, 5) is 16.9. The Labute approximate surface area is 167 Å². The minimum absolute atomic E-state index is 0. The average Bonchev–Trinajstić information content (AvgIpc) is 3.00. The number of ether oxygens (including phenoxy) is 1. The number of halogens is 1. The first-order chi connectivity index (χ1) is 12.8. The van der Waals surface area contributed by atoms with Crippen molar-refractivity contribution in [2.45, 2.75) is 25.5 Å². The van der Waals surface area contributed by atoms with Crippen LogP contribution >= 0.6 is 12.4 Å². The second kappa shape index (κ2) is 9.36. The van der Waals surface area contributed by atoms with Gasteiger partial charge in [0.2, 0.25) is 0 Å². The third kappa shape index (κ3) is 4.89. The highest BCUT2D eigenvalue weighted by Crippen LogP contribution is 2.33. The van der Waals surface area contributed by atoms with Crippen LogP contribution in [0.4, 0.5) is 0 Å². The summed E-state index contributed by atoms with van der Waals surface area (Å²) in [7, 11) is 0. The number of piperazine rings is 1. The standard InChI is InChI=1S/C22H26N2O2.ClH/c25-22-20-10-5-4-9-19(20)21(26-22)11-6-12-23-13-15-24(16-14-23)17-18-7-2-1-3-8-18;/h1-5,7-10,21H,6,11-17H2;1H. The molecule has 1 saturated heterocycles. The molecular formula is C22H27ClN2O2. The molecule has 1 fully saturated rings. The highest BCUT2D eigenvalue weighted by molar-refractivity contribution is 5.93. The molecule has 27 heavy (non-hydrogen) atoms. The van der Waals surface area contributed by atoms with E-state index in [1.54, 1.807) is 0 Å². The van der Waals surface area contributed by atoms with Crippen molar-refractivity contribution in [3.05, 3.63) is 71.3 Å². The first-order valence-corrected chi connectivity index (χ1v) is 9.58. The Bertz CT molecular complexity index is 745. The second-order valence-corrected chi connectivity index (χ2v) is 7.23. The molecule has 1 unspecified atom stereocenters. The minimum Gasteiger partial charge on any atom is -0.454 e. The molecule has 0 N–H and O–H groups in total. The quantitative estimate of drug-likeness (QED) is 0.704. The van der Waals surface area contributed by atoms with Gasteiger partial charge in [-0.2, -0.15) is 0 Å². The molecular weight excluding hydrogens is 360 g/mol. The van der Waals surface area contributed by atoms with Crippen LogP contribution in [0, 0.1) is 0 Å². The van der Waals surface area contributed by atoms with Crippen LogP contribution in [0.5, 0.6) is 0 Å². The van der Waals surface area contributed by atoms with Crippen molar-refractivity contribution in [2.24, 2.45) is 0 Å². The average molecular weight is 387 g/mol. The zero-order valence-electron chi connectivity index (χ0n) is 15.5. The van der Waals surface area contributed by atoms with Gasteiger partial charge in [-0.15, -0.1) is 12.4 Å². The summed E-state index contributed by atoms with van der Waals surface area (Å²) in [6.07, 6.45) is 1.91. The van der Waals surface area contributed by atoms with Crippen molar-refractivity contribution in [2.75, 3.05) is 32.7 Å². The van der Waals surface area contributed by atoms with Gasteiger partial charge in [-0.25, -0.2) is 4.79 Å². The number of hydrogen-bond donors (Lipinski definition) is 0. The SMILES string of the molecule is Cl.O=C1OC(CCCN2CCN(Cc3ccccc3)CC2)c2ccccc21. The van der Waals surface area contributed by atoms with Gasteiger partial charge in [0.15, 0.2) is 0 Å². The number of hydrogen-bond acceptors (Lipinski definition) is 4. The molecule has 0 aliphatic carbocycles. The maximum atomic E-state index is 11.9. The predicted molar refractivity (Wildman–Crippen MR) is 109 cm³/mol. The third-order valence-corrected chi connectivity index (χ3v) is 5.43. The lowest BCUT2D eigenvalue weighted by atomic mass is 10.0. The molecule has 4 nitrogen and oxygen atoms in total. The molecule has 2 aromatic carbocycles. The maximum absolute atomic E-state index is 11.9. The van der Waals surface area contributed by atoms with Crippen LogP contribution in [0.3, 0.4) is 0 Å². The molecule has 0 amide bonds. The molecule has 5 heteroatoms. The lowest BCUT2D eigenvalue weighted by Crippen LogP contribution is -2.46. The van der Waals surface area contributed by atoms with Crippen LogP contribution in [0.15, 0.2) is 54.6 Å². The van der Waals surface area contributed by atoms with E-state index >= 15 is 0 Å². The molecule has 0 aromatic heterocycles. The van der Waals surface area contributed by atoms with Gasteiger partial charge in [-0.3, -0.25) is 4.90 Å². The number of fused-ring (bicyclic) bond motifs is 1. The first-order valence-electron chi connectivity index (χ1n) is 9.58. The van der Waals surface area contributed by atoms with Crippen LogP contribution < -0.4 is 0 Å². The van der Waals surface area contributed by atoms with Gasteiger partial charge < -0.3 is 9.64 Å². The van der Waals surface area contributed by atoms with E-state index in [2.05, 4.69) is 40.1 Å². The normalized spacial score (nSPS) is 20.0. The zero-order chi connectivity index (χ0) is 17.8. The molecule has 4 rings (SSSR count). The maximum Gasteiger partial charge on any atom is 0.339 e. The van der Waals surface area contributed by atoms with Gasteiger partial charge in [0.05, 0.1) is 5.56 Å². The topological polar surface area (TPSA) is 32.8 Å². The number of nitrogens with zero attached hydrogens (tertiary/aromatic N) is 2. The number of cyclic esters (lactones) is 1. The van der Waals surface area contributed by atoms with E-state index in [9.17, 15) is 4.79 Å². The molecule has 1 atom stereocenters. The van der Waals surface area contributed by atoms with Crippen LogP contribution in [-0.2, 0) is 11.3 Å². The van der Waals surface area contributed by atoms with Gasteiger partial charge in [-0.1, -0.05) is 48.5 Å². The zero-order valence-corrected chi connectivity index (χ0v) is 16.4. The van der Waals surface area contributed by atoms with Gasteiger partial charge in [0.25, 0.3) is 0 Å². The Morgan fingerprint density at radius 2 is 1.56 bits per heavy atom. The van der Waals surface area contributed by atoms with Gasteiger partial charge in [0, 0.05) is 38.3 Å². The van der Waals surface area contributed by atoms with Crippen LogP contribution in [0.1, 0.15) is 40.4 Å². The van der Waals surface area contributed by atoms with E-state index in [1.807, 2.05) is 24.3 Å². The molecule has 144 valence electrons. The number of esters is 1. The van der Waals surface area contributed by atoms with E-state index in [0.717, 1.165) is 63.2 Å². The summed E-state index contributed by atoms with van der Waals surface area (Å²) in [6.45, 7) is 6.60. The van der Waals surface area contributed by atoms with Gasteiger partial charge >= 0.3 is 5.97 Å². The minimum atomic E-state index is -0.167. The van der Waals surface area contributed by atoms with Crippen LogP contribution in [0.2, 0.25) is 0 Å². The number of rotatable bonds is 6. The molecule has 2 aromatic rings. The smallest absolute Gasteiger partial charge is 0.339 e. The molecule has 0 saturated carbocycles. The Morgan fingerprint density at radius 3 is 2.33 bits per heavy atom. The number of carbonyl (C=O) groups excluding carboxylic acids is 1. The highest BCUT2D eigenvalue weighted by atomic mass is 35.5. The fourth-order valence-corrected chi connectivity index (χ4v) is 3.95. The molecule has 0 radical (unpaired) electrons. The summed E-state index contributed by atoms with van der Waals surface area (Å²) in [6, 6.07) is 18.5. The lowest BCUT2D eigenvalue weighted by molar-refractivity contribution is 0.0353. The molecule has 2 heterocycles. The van der Waals surface area contributed by atoms with Gasteiger partial charge in [-0.05, 0) is 31.0 Å². The van der Waals surface area contributed by atoms with Crippen molar-refractivity contribution in [3.63, 3.8) is 0 Å². The molecule has 0 spiro atoms. The Kier molecular flexibility index (Phi) is 6.89. The van der Waals surface area contributed by atoms with Crippen LogP contribution in [0.25, 0.3) is 0 Å². The predicted octanol–water partition coefficient (Wildman–Crippen LogP) is 3.92. The summed E-state index contributed by atoms with van der Waals surface area (Å²) < 4.78 is 5.54. The highest BCUT2D eigenvalue weighted by Gasteiger charge is 2.30. The Hall–Kier alpha value is -1.88. The lowest BCUT2D eigenvalue weighted by Gasteiger charge is -2.34. The molecule has 0 bridgehead atoms. The van der Waals surface area contributed by atoms with Crippen molar-refractivity contribution >= 4 is 18.4 Å². The molecule has 2 aliphatic rings. The van der Waals surface area contributed by atoms with Crippen LogP contribution in [-0.4, -0.2) is 48.5 Å². The van der Waals surface area contributed by atoms with E-state index in [1.165, 1.54) is 5.56 Å². The van der Waals surface area contributed by atoms with Crippen molar-refractivity contribution in [1.82, 2.24) is 9.80 Å². The van der Waals surface area contributed by atoms with Crippen molar-refractivity contribution < 1.29 is 9.53 Å². The monoisotopic (exact) mass is 386 g/mol. The van der Waals surface area contributed by atoms with Crippen molar-refractivity contribution in [1.29, 1.82) is 0 Å². The fraction of sp³-hybridized carbons (Fsp3) is 0.409. The first kappa shape index (κ1) is 19.9. The Morgan fingerprint density at radius 1 is 0.889 bits per heavy atom. The summed E-state index contributed by atoms with van der Waals surface area (Å²) in [5, 5.41) is 0.